The summed E-state index contributed by atoms with van der Waals surface area (Å²) in [6.07, 6.45) is 5.04. The van der Waals surface area contributed by atoms with Crippen LogP contribution in [-0.4, -0.2) is 33.7 Å². The van der Waals surface area contributed by atoms with Crippen molar-refractivity contribution >= 4 is 5.91 Å². The molecule has 4 nitrogen and oxygen atoms in total. The van der Waals surface area contributed by atoms with Crippen LogP contribution in [0.2, 0.25) is 0 Å². The van der Waals surface area contributed by atoms with Gasteiger partial charge in [0.05, 0.1) is 11.3 Å². The molecular weight excluding hydrogens is 322 g/mol. The summed E-state index contributed by atoms with van der Waals surface area (Å²) in [6, 6.07) is 18.3. The highest BCUT2D eigenvalue weighted by Crippen LogP contribution is 2.26. The van der Waals surface area contributed by atoms with Crippen LogP contribution >= 0.6 is 0 Å². The molecule has 4 rings (SSSR count). The lowest BCUT2D eigenvalue weighted by Gasteiger charge is -2.14. The quantitative estimate of drug-likeness (QED) is 0.705. The van der Waals surface area contributed by atoms with Crippen LogP contribution in [0.4, 0.5) is 0 Å². The van der Waals surface area contributed by atoms with Gasteiger partial charge in [0, 0.05) is 24.8 Å². The number of aryl methyl sites for hydroxylation is 1. The molecule has 0 spiro atoms. The molecule has 0 aliphatic carbocycles. The van der Waals surface area contributed by atoms with E-state index in [9.17, 15) is 4.79 Å². The highest BCUT2D eigenvalue weighted by molar-refractivity contribution is 6.00. The average Bonchev–Trinajstić information content (AvgIpc) is 3.38. The van der Waals surface area contributed by atoms with Gasteiger partial charge in [0.25, 0.3) is 5.91 Å². The second-order valence-electron chi connectivity index (χ2n) is 6.72. The monoisotopic (exact) mass is 345 g/mol. The topological polar surface area (TPSA) is 38.1 Å². The van der Waals surface area contributed by atoms with Gasteiger partial charge < -0.3 is 4.90 Å². The first-order valence-corrected chi connectivity index (χ1v) is 9.30. The number of benzene rings is 2. The van der Waals surface area contributed by atoms with Gasteiger partial charge in [-0.05, 0) is 37.0 Å². The Morgan fingerprint density at radius 2 is 1.69 bits per heavy atom. The zero-order valence-electron chi connectivity index (χ0n) is 15.1. The molecule has 0 atom stereocenters. The van der Waals surface area contributed by atoms with E-state index in [-0.39, 0.29) is 5.91 Å². The fourth-order valence-corrected chi connectivity index (χ4v) is 3.45. The molecule has 1 aromatic heterocycles. The third-order valence-electron chi connectivity index (χ3n) is 4.99. The first kappa shape index (κ1) is 16.6. The molecule has 1 saturated heterocycles. The molecule has 0 bridgehead atoms. The molecule has 2 heterocycles. The summed E-state index contributed by atoms with van der Waals surface area (Å²) in [6.45, 7) is 3.81. The maximum Gasteiger partial charge on any atom is 0.257 e. The van der Waals surface area contributed by atoms with Crippen LogP contribution in [0.1, 0.15) is 35.7 Å². The molecule has 0 unspecified atom stereocenters. The molecule has 1 amide bonds. The van der Waals surface area contributed by atoms with Crippen molar-refractivity contribution in [2.45, 2.75) is 26.2 Å². The summed E-state index contributed by atoms with van der Waals surface area (Å²) in [4.78, 5) is 15.0. The molecule has 3 aromatic rings. The fourth-order valence-electron chi connectivity index (χ4n) is 3.45. The van der Waals surface area contributed by atoms with Gasteiger partial charge >= 0.3 is 0 Å². The Morgan fingerprint density at radius 1 is 1.00 bits per heavy atom. The third kappa shape index (κ3) is 3.15. The summed E-state index contributed by atoms with van der Waals surface area (Å²) < 4.78 is 1.81. The SMILES string of the molecule is CCc1ccc(-c2nn(-c3ccccc3)cc2C(=O)N2CCCC2)cc1. The Balaban J connectivity index is 1.79. The number of para-hydroxylation sites is 1. The van der Waals surface area contributed by atoms with E-state index in [1.54, 1.807) is 0 Å². The number of carbonyl (C=O) groups excluding carboxylic acids is 1. The van der Waals surface area contributed by atoms with E-state index in [0.29, 0.717) is 5.56 Å². The third-order valence-corrected chi connectivity index (χ3v) is 4.99. The second-order valence-corrected chi connectivity index (χ2v) is 6.72. The Hall–Kier alpha value is -2.88. The van der Waals surface area contributed by atoms with Crippen molar-refractivity contribution < 1.29 is 4.79 Å². The number of carbonyl (C=O) groups is 1. The van der Waals surface area contributed by atoms with E-state index in [1.165, 1.54) is 5.56 Å². The van der Waals surface area contributed by atoms with E-state index in [0.717, 1.165) is 49.3 Å². The molecule has 0 radical (unpaired) electrons. The van der Waals surface area contributed by atoms with Crippen LogP contribution in [0.15, 0.2) is 60.8 Å². The van der Waals surface area contributed by atoms with Crippen LogP contribution in [-0.2, 0) is 6.42 Å². The predicted octanol–water partition coefficient (Wildman–Crippen LogP) is 4.34. The summed E-state index contributed by atoms with van der Waals surface area (Å²) in [7, 11) is 0. The molecule has 1 aliphatic heterocycles. The lowest BCUT2D eigenvalue weighted by atomic mass is 10.0. The average molecular weight is 345 g/mol. The minimum atomic E-state index is 0.0826. The van der Waals surface area contributed by atoms with Gasteiger partial charge in [0.15, 0.2) is 0 Å². The number of hydrogen-bond acceptors (Lipinski definition) is 2. The molecule has 1 aliphatic rings. The number of likely N-dealkylation sites (tertiary alicyclic amines) is 1. The molecule has 132 valence electrons. The second kappa shape index (κ2) is 7.16. The standard InChI is InChI=1S/C22H23N3O/c1-2-17-10-12-18(13-11-17)21-20(22(26)24-14-6-7-15-24)16-25(23-21)19-8-4-3-5-9-19/h3-5,8-13,16H,2,6-7,14-15H2,1H3. The Bertz CT molecular complexity index is 891. The van der Waals surface area contributed by atoms with Crippen molar-refractivity contribution in [2.24, 2.45) is 0 Å². The van der Waals surface area contributed by atoms with Gasteiger partial charge in [-0.25, -0.2) is 4.68 Å². The molecule has 0 saturated carbocycles. The summed E-state index contributed by atoms with van der Waals surface area (Å²) in [5.74, 6) is 0.0826. The smallest absolute Gasteiger partial charge is 0.257 e. The first-order chi connectivity index (χ1) is 12.8. The van der Waals surface area contributed by atoms with Crippen LogP contribution in [0.3, 0.4) is 0 Å². The molecule has 26 heavy (non-hydrogen) atoms. The maximum absolute atomic E-state index is 13.1. The van der Waals surface area contributed by atoms with Crippen molar-refractivity contribution in [1.29, 1.82) is 0 Å². The lowest BCUT2D eigenvalue weighted by molar-refractivity contribution is 0.0793. The molecule has 1 fully saturated rings. The van der Waals surface area contributed by atoms with E-state index >= 15 is 0 Å². The Labute approximate surface area is 154 Å². The van der Waals surface area contributed by atoms with Gasteiger partial charge in [0.1, 0.15) is 5.69 Å². The number of aromatic nitrogens is 2. The number of hydrogen-bond donors (Lipinski definition) is 0. The summed E-state index contributed by atoms with van der Waals surface area (Å²) >= 11 is 0. The highest BCUT2D eigenvalue weighted by Gasteiger charge is 2.25. The van der Waals surface area contributed by atoms with E-state index in [2.05, 4.69) is 31.2 Å². The van der Waals surface area contributed by atoms with Crippen molar-refractivity contribution in [2.75, 3.05) is 13.1 Å². The number of rotatable bonds is 4. The van der Waals surface area contributed by atoms with Crippen LogP contribution < -0.4 is 0 Å². The van der Waals surface area contributed by atoms with Crippen molar-refractivity contribution in [1.82, 2.24) is 14.7 Å². The van der Waals surface area contributed by atoms with Crippen LogP contribution in [0.5, 0.6) is 0 Å². The fraction of sp³-hybridized carbons (Fsp3) is 0.273. The molecule has 4 heteroatoms. The van der Waals surface area contributed by atoms with E-state index < -0.39 is 0 Å². The normalized spacial score (nSPS) is 14.0. The van der Waals surface area contributed by atoms with Gasteiger partial charge in [-0.3, -0.25) is 4.79 Å². The molecule has 2 aromatic carbocycles. The Morgan fingerprint density at radius 3 is 2.35 bits per heavy atom. The highest BCUT2D eigenvalue weighted by atomic mass is 16.2. The maximum atomic E-state index is 13.1. The van der Waals surface area contributed by atoms with Crippen molar-refractivity contribution in [3.8, 4) is 16.9 Å². The molecular formula is C22H23N3O. The van der Waals surface area contributed by atoms with Gasteiger partial charge in [-0.15, -0.1) is 0 Å². The van der Waals surface area contributed by atoms with E-state index in [1.807, 2.05) is 46.1 Å². The van der Waals surface area contributed by atoms with Gasteiger partial charge in [-0.1, -0.05) is 49.4 Å². The van der Waals surface area contributed by atoms with Crippen molar-refractivity contribution in [3.63, 3.8) is 0 Å². The molecule has 0 N–H and O–H groups in total. The van der Waals surface area contributed by atoms with Gasteiger partial charge in [-0.2, -0.15) is 5.10 Å². The Kier molecular flexibility index (Phi) is 4.57. The minimum Gasteiger partial charge on any atom is -0.339 e. The van der Waals surface area contributed by atoms with Crippen LogP contribution in [0.25, 0.3) is 16.9 Å². The first-order valence-electron chi connectivity index (χ1n) is 9.30. The minimum absolute atomic E-state index is 0.0826. The number of amides is 1. The summed E-state index contributed by atoms with van der Waals surface area (Å²) in [5.41, 5.74) is 4.66. The predicted molar refractivity (Wildman–Crippen MR) is 104 cm³/mol. The van der Waals surface area contributed by atoms with Gasteiger partial charge in [0.2, 0.25) is 0 Å². The largest absolute Gasteiger partial charge is 0.339 e. The zero-order chi connectivity index (χ0) is 17.9. The lowest BCUT2D eigenvalue weighted by Crippen LogP contribution is -2.27. The van der Waals surface area contributed by atoms with Crippen LogP contribution in [0, 0.1) is 0 Å². The van der Waals surface area contributed by atoms with E-state index in [4.69, 9.17) is 5.10 Å². The van der Waals surface area contributed by atoms with Crippen molar-refractivity contribution in [3.05, 3.63) is 71.9 Å². The zero-order valence-corrected chi connectivity index (χ0v) is 15.1. The summed E-state index contributed by atoms with van der Waals surface area (Å²) in [5, 5.41) is 4.77. The number of nitrogens with zero attached hydrogens (tertiary/aromatic N) is 3.